The molecule has 1 saturated carbocycles. The van der Waals surface area contributed by atoms with Gasteiger partial charge >= 0.3 is 6.61 Å². The number of carbonyl (C=O) groups is 1. The van der Waals surface area contributed by atoms with Gasteiger partial charge in [0.2, 0.25) is 11.8 Å². The van der Waals surface area contributed by atoms with Crippen LogP contribution in [0.3, 0.4) is 0 Å². The van der Waals surface area contributed by atoms with Crippen LogP contribution >= 0.6 is 0 Å². The van der Waals surface area contributed by atoms with Crippen molar-refractivity contribution >= 4 is 21.4 Å². The molecule has 8 nitrogen and oxygen atoms in total. The van der Waals surface area contributed by atoms with Crippen molar-refractivity contribution in [1.29, 1.82) is 0 Å². The standard InChI is InChI=1S/C17H18F4N4O4S/c1-9-13(14(26)23-11-3-4-22-12(5-11)30(2,27)28)25(24-15(9)29-16(18)19)8-10-6-17(20,21)7-10/h3-5,10,16H,6-8H2,1-2H3,(H,22,23,26). The number of halogens is 4. The summed E-state index contributed by atoms with van der Waals surface area (Å²) in [5.41, 5.74) is -0.0658. The molecule has 0 bridgehead atoms. The van der Waals surface area contributed by atoms with Gasteiger partial charge in [0.1, 0.15) is 5.69 Å². The van der Waals surface area contributed by atoms with Gasteiger partial charge in [-0.25, -0.2) is 22.2 Å². The van der Waals surface area contributed by atoms with E-state index in [1.807, 2.05) is 0 Å². The van der Waals surface area contributed by atoms with E-state index in [0.717, 1.165) is 17.0 Å². The van der Waals surface area contributed by atoms with Crippen LogP contribution in [-0.4, -0.2) is 47.9 Å². The Hall–Kier alpha value is -2.70. The number of nitrogens with zero attached hydrogens (tertiary/aromatic N) is 3. The molecular weight excluding hydrogens is 432 g/mol. The molecule has 164 valence electrons. The molecule has 1 amide bonds. The minimum Gasteiger partial charge on any atom is -0.415 e. The molecule has 0 atom stereocenters. The highest BCUT2D eigenvalue weighted by molar-refractivity contribution is 7.90. The topological polar surface area (TPSA) is 103 Å². The molecule has 0 radical (unpaired) electrons. The van der Waals surface area contributed by atoms with Gasteiger partial charge in [0.25, 0.3) is 5.91 Å². The van der Waals surface area contributed by atoms with Crippen LogP contribution in [0.1, 0.15) is 28.9 Å². The predicted octanol–water partition coefficient (Wildman–Crippen LogP) is 2.89. The van der Waals surface area contributed by atoms with Crippen molar-refractivity contribution in [1.82, 2.24) is 14.8 Å². The van der Waals surface area contributed by atoms with Gasteiger partial charge in [-0.15, -0.1) is 5.10 Å². The number of aromatic nitrogens is 3. The molecule has 0 saturated heterocycles. The lowest BCUT2D eigenvalue weighted by Crippen LogP contribution is -2.38. The summed E-state index contributed by atoms with van der Waals surface area (Å²) in [6.07, 6.45) is 1.32. The average molecular weight is 450 g/mol. The molecule has 0 spiro atoms. The molecule has 0 aliphatic heterocycles. The summed E-state index contributed by atoms with van der Waals surface area (Å²) in [7, 11) is -3.63. The summed E-state index contributed by atoms with van der Waals surface area (Å²) in [4.78, 5) is 16.5. The van der Waals surface area contributed by atoms with Crippen LogP contribution in [0, 0.1) is 12.8 Å². The van der Waals surface area contributed by atoms with Crippen molar-refractivity contribution < 1.29 is 35.5 Å². The maximum Gasteiger partial charge on any atom is 0.388 e. The van der Waals surface area contributed by atoms with E-state index < -0.39 is 52.9 Å². The second-order valence-electron chi connectivity index (χ2n) is 7.08. The molecule has 3 rings (SSSR count). The van der Waals surface area contributed by atoms with Crippen LogP contribution < -0.4 is 10.1 Å². The lowest BCUT2D eigenvalue weighted by molar-refractivity contribution is -0.114. The number of pyridine rings is 1. The van der Waals surface area contributed by atoms with E-state index in [-0.39, 0.29) is 28.5 Å². The summed E-state index contributed by atoms with van der Waals surface area (Å²) in [6, 6.07) is 2.47. The molecular formula is C17H18F4N4O4S. The number of anilines is 1. The lowest BCUT2D eigenvalue weighted by atomic mass is 9.81. The number of ether oxygens (including phenoxy) is 1. The molecule has 1 N–H and O–H groups in total. The number of carbonyl (C=O) groups excluding carboxylic acids is 1. The van der Waals surface area contributed by atoms with Crippen molar-refractivity contribution in [2.75, 3.05) is 11.6 Å². The van der Waals surface area contributed by atoms with Gasteiger partial charge in [0.15, 0.2) is 14.9 Å². The van der Waals surface area contributed by atoms with Crippen LogP contribution in [0.5, 0.6) is 5.88 Å². The number of hydrogen-bond donors (Lipinski definition) is 1. The average Bonchev–Trinajstić information content (AvgIpc) is 2.87. The van der Waals surface area contributed by atoms with Crippen molar-refractivity contribution in [2.45, 2.75) is 43.9 Å². The number of nitrogens with one attached hydrogen (secondary N) is 1. The number of sulfone groups is 1. The van der Waals surface area contributed by atoms with Gasteiger partial charge < -0.3 is 10.1 Å². The fraction of sp³-hybridized carbons (Fsp3) is 0.471. The highest BCUT2D eigenvalue weighted by Gasteiger charge is 2.45. The van der Waals surface area contributed by atoms with E-state index in [1.54, 1.807) is 0 Å². The third kappa shape index (κ3) is 4.89. The SMILES string of the molecule is Cc1c(OC(F)F)nn(CC2CC(F)(F)C2)c1C(=O)Nc1ccnc(S(C)(=O)=O)c1. The molecule has 2 aromatic heterocycles. The van der Waals surface area contributed by atoms with Gasteiger partial charge in [-0.2, -0.15) is 8.78 Å². The first-order chi connectivity index (χ1) is 13.9. The first kappa shape index (κ1) is 22.0. The van der Waals surface area contributed by atoms with Crippen molar-refractivity contribution in [3.8, 4) is 5.88 Å². The van der Waals surface area contributed by atoms with E-state index in [9.17, 15) is 30.8 Å². The Labute approximate surface area is 169 Å². The van der Waals surface area contributed by atoms with E-state index in [0.29, 0.717) is 0 Å². The van der Waals surface area contributed by atoms with E-state index in [2.05, 4.69) is 20.1 Å². The van der Waals surface area contributed by atoms with Gasteiger partial charge in [-0.05, 0) is 25.0 Å². The minimum atomic E-state index is -3.63. The molecule has 2 aromatic rings. The van der Waals surface area contributed by atoms with Crippen LogP contribution in [0.4, 0.5) is 23.2 Å². The van der Waals surface area contributed by atoms with Gasteiger partial charge in [-0.1, -0.05) is 0 Å². The monoisotopic (exact) mass is 450 g/mol. The number of hydrogen-bond acceptors (Lipinski definition) is 6. The normalized spacial score (nSPS) is 16.4. The maximum absolute atomic E-state index is 13.1. The number of alkyl halides is 4. The molecule has 13 heteroatoms. The summed E-state index contributed by atoms with van der Waals surface area (Å²) >= 11 is 0. The van der Waals surface area contributed by atoms with Crippen molar-refractivity contribution in [3.05, 3.63) is 29.6 Å². The fourth-order valence-electron chi connectivity index (χ4n) is 3.18. The zero-order chi connectivity index (χ0) is 22.3. The first-order valence-corrected chi connectivity index (χ1v) is 10.6. The highest BCUT2D eigenvalue weighted by atomic mass is 32.2. The third-order valence-corrected chi connectivity index (χ3v) is 5.52. The zero-order valence-corrected chi connectivity index (χ0v) is 16.7. The quantitative estimate of drug-likeness (QED) is 0.651. The Kier molecular flexibility index (Phi) is 5.76. The molecule has 0 aromatic carbocycles. The molecule has 1 aliphatic carbocycles. The molecule has 2 heterocycles. The van der Waals surface area contributed by atoms with Gasteiger partial charge in [0, 0.05) is 43.1 Å². The molecule has 30 heavy (non-hydrogen) atoms. The Morgan fingerprint density at radius 1 is 1.40 bits per heavy atom. The Balaban J connectivity index is 1.89. The Bertz CT molecular complexity index is 1060. The van der Waals surface area contributed by atoms with Crippen LogP contribution in [-0.2, 0) is 16.4 Å². The number of rotatable bonds is 7. The van der Waals surface area contributed by atoms with Crippen molar-refractivity contribution in [3.63, 3.8) is 0 Å². The Morgan fingerprint density at radius 2 is 2.07 bits per heavy atom. The van der Waals surface area contributed by atoms with Gasteiger partial charge in [0.05, 0.1) is 0 Å². The molecule has 0 unspecified atom stereocenters. The third-order valence-electron chi connectivity index (χ3n) is 4.54. The maximum atomic E-state index is 13.1. The minimum absolute atomic E-state index is 0.00345. The lowest BCUT2D eigenvalue weighted by Gasteiger charge is -2.34. The fourth-order valence-corrected chi connectivity index (χ4v) is 3.78. The van der Waals surface area contributed by atoms with Crippen molar-refractivity contribution in [2.24, 2.45) is 5.92 Å². The van der Waals surface area contributed by atoms with Crippen LogP contribution in [0.25, 0.3) is 0 Å². The summed E-state index contributed by atoms with van der Waals surface area (Å²) in [5, 5.41) is 6.01. The second-order valence-corrected chi connectivity index (χ2v) is 9.04. The van der Waals surface area contributed by atoms with Crippen LogP contribution in [0.15, 0.2) is 23.4 Å². The Morgan fingerprint density at radius 3 is 2.63 bits per heavy atom. The summed E-state index contributed by atoms with van der Waals surface area (Å²) in [6.45, 7) is -1.94. The summed E-state index contributed by atoms with van der Waals surface area (Å²) < 4.78 is 80.2. The highest BCUT2D eigenvalue weighted by Crippen LogP contribution is 2.43. The second kappa shape index (κ2) is 7.85. The summed E-state index contributed by atoms with van der Waals surface area (Å²) in [5.74, 6) is -4.56. The van der Waals surface area contributed by atoms with Gasteiger partial charge in [-0.3, -0.25) is 9.48 Å². The van der Waals surface area contributed by atoms with E-state index in [1.165, 1.54) is 19.2 Å². The largest absolute Gasteiger partial charge is 0.415 e. The predicted molar refractivity (Wildman–Crippen MR) is 96.6 cm³/mol. The van der Waals surface area contributed by atoms with E-state index >= 15 is 0 Å². The van der Waals surface area contributed by atoms with Crippen LogP contribution in [0.2, 0.25) is 0 Å². The zero-order valence-electron chi connectivity index (χ0n) is 15.9. The first-order valence-electron chi connectivity index (χ1n) is 8.73. The number of amides is 1. The smallest absolute Gasteiger partial charge is 0.388 e. The molecule has 1 aliphatic rings. The van der Waals surface area contributed by atoms with E-state index in [4.69, 9.17) is 0 Å². The molecule has 1 fully saturated rings.